The molecule has 0 aromatic heterocycles. The predicted octanol–water partition coefficient (Wildman–Crippen LogP) is 4.23. The minimum atomic E-state index is -0.880. The second kappa shape index (κ2) is 12.5. The average molecular weight is 415 g/mol. The molecule has 0 amide bonds. The number of hydrogen-bond donors (Lipinski definition) is 1. The van der Waals surface area contributed by atoms with Crippen LogP contribution in [0.15, 0.2) is 60.7 Å². The summed E-state index contributed by atoms with van der Waals surface area (Å²) in [7, 11) is 1.33. The lowest BCUT2D eigenvalue weighted by atomic mass is 9.84. The van der Waals surface area contributed by atoms with Crippen molar-refractivity contribution in [3.8, 4) is 0 Å². The smallest absolute Gasteiger partial charge is 0.311 e. The SMILES string of the molecule is COC(=O)[C@H](C)[C@@H](O)[C@H](C)[C@@H](OCc1ccccc1)[C@@H](C)COCc1ccccc1. The standard InChI is InChI=1S/C25H34O5/c1-18(15-29-16-21-11-7-5-8-12-21)24(30-17-22-13-9-6-10-14-22)19(2)23(26)20(3)25(27)28-4/h5-14,18-20,23-24,26H,15-17H2,1-4H3/t18-,19-,20+,23-,24-/m0/s1. The normalized spacial score (nSPS) is 16.3. The fraction of sp³-hybridized carbons (Fsp3) is 0.480. The first-order chi connectivity index (χ1) is 14.4. The quantitative estimate of drug-likeness (QED) is 0.527. The molecule has 5 heteroatoms. The predicted molar refractivity (Wildman–Crippen MR) is 117 cm³/mol. The van der Waals surface area contributed by atoms with Gasteiger partial charge in [0.1, 0.15) is 0 Å². The third-order valence-electron chi connectivity index (χ3n) is 5.48. The first-order valence-electron chi connectivity index (χ1n) is 10.5. The zero-order valence-electron chi connectivity index (χ0n) is 18.4. The number of esters is 1. The van der Waals surface area contributed by atoms with Gasteiger partial charge in [0.25, 0.3) is 0 Å². The number of aliphatic hydroxyl groups is 1. The van der Waals surface area contributed by atoms with Crippen molar-refractivity contribution in [1.29, 1.82) is 0 Å². The van der Waals surface area contributed by atoms with Gasteiger partial charge in [-0.3, -0.25) is 4.79 Å². The molecular formula is C25H34O5. The molecule has 0 spiro atoms. The van der Waals surface area contributed by atoms with Crippen LogP contribution in [-0.2, 0) is 32.2 Å². The lowest BCUT2D eigenvalue weighted by Gasteiger charge is -2.34. The molecule has 0 radical (unpaired) electrons. The fourth-order valence-electron chi connectivity index (χ4n) is 3.61. The topological polar surface area (TPSA) is 65.0 Å². The molecule has 5 atom stereocenters. The van der Waals surface area contributed by atoms with Crippen LogP contribution in [0.4, 0.5) is 0 Å². The van der Waals surface area contributed by atoms with Crippen LogP contribution in [-0.4, -0.2) is 37.0 Å². The van der Waals surface area contributed by atoms with Crippen LogP contribution in [0.2, 0.25) is 0 Å². The Hall–Kier alpha value is -2.21. The van der Waals surface area contributed by atoms with Gasteiger partial charge in [-0.15, -0.1) is 0 Å². The van der Waals surface area contributed by atoms with Crippen LogP contribution in [0, 0.1) is 17.8 Å². The van der Waals surface area contributed by atoms with Gasteiger partial charge in [-0.25, -0.2) is 0 Å². The molecule has 0 aliphatic carbocycles. The molecule has 5 nitrogen and oxygen atoms in total. The van der Waals surface area contributed by atoms with E-state index in [2.05, 4.69) is 0 Å². The number of benzene rings is 2. The summed E-state index contributed by atoms with van der Waals surface area (Å²) in [5.41, 5.74) is 2.17. The van der Waals surface area contributed by atoms with Gasteiger partial charge in [-0.05, 0) is 18.1 Å². The van der Waals surface area contributed by atoms with Crippen LogP contribution >= 0.6 is 0 Å². The van der Waals surface area contributed by atoms with Crippen molar-refractivity contribution in [2.75, 3.05) is 13.7 Å². The van der Waals surface area contributed by atoms with E-state index < -0.39 is 18.0 Å². The zero-order chi connectivity index (χ0) is 21.9. The molecule has 0 bridgehead atoms. The molecule has 2 aromatic carbocycles. The van der Waals surface area contributed by atoms with E-state index in [4.69, 9.17) is 14.2 Å². The van der Waals surface area contributed by atoms with Crippen molar-refractivity contribution < 1.29 is 24.1 Å². The summed E-state index contributed by atoms with van der Waals surface area (Å²) in [5, 5.41) is 10.8. The molecule has 0 aliphatic rings. The van der Waals surface area contributed by atoms with Crippen molar-refractivity contribution in [1.82, 2.24) is 0 Å². The molecule has 164 valence electrons. The Morgan fingerprint density at radius 1 is 0.900 bits per heavy atom. The summed E-state index contributed by atoms with van der Waals surface area (Å²) in [6.07, 6.45) is -1.17. The van der Waals surface area contributed by atoms with E-state index in [0.29, 0.717) is 19.8 Å². The molecule has 0 saturated heterocycles. The number of carbonyl (C=O) groups is 1. The van der Waals surface area contributed by atoms with Gasteiger partial charge in [0.2, 0.25) is 0 Å². The minimum Gasteiger partial charge on any atom is -0.469 e. The maximum atomic E-state index is 11.9. The Balaban J connectivity index is 2.03. The number of rotatable bonds is 12. The van der Waals surface area contributed by atoms with E-state index in [9.17, 15) is 9.90 Å². The van der Waals surface area contributed by atoms with Crippen LogP contribution in [0.5, 0.6) is 0 Å². The van der Waals surface area contributed by atoms with Gasteiger partial charge in [0.05, 0.1) is 45.1 Å². The maximum absolute atomic E-state index is 11.9. The first-order valence-corrected chi connectivity index (χ1v) is 10.5. The van der Waals surface area contributed by atoms with E-state index in [1.165, 1.54) is 7.11 Å². The highest BCUT2D eigenvalue weighted by molar-refractivity contribution is 5.72. The van der Waals surface area contributed by atoms with E-state index in [0.717, 1.165) is 11.1 Å². The second-order valence-electron chi connectivity index (χ2n) is 7.90. The first kappa shape index (κ1) is 24.1. The number of hydrogen-bond acceptors (Lipinski definition) is 5. The van der Waals surface area contributed by atoms with Crippen molar-refractivity contribution in [3.63, 3.8) is 0 Å². The summed E-state index contributed by atoms with van der Waals surface area (Å²) in [4.78, 5) is 11.9. The molecular weight excluding hydrogens is 380 g/mol. The van der Waals surface area contributed by atoms with E-state index >= 15 is 0 Å². The molecule has 2 aromatic rings. The summed E-state index contributed by atoms with van der Waals surface area (Å²) >= 11 is 0. The van der Waals surface area contributed by atoms with Gasteiger partial charge < -0.3 is 19.3 Å². The molecule has 0 aliphatic heterocycles. The summed E-state index contributed by atoms with van der Waals surface area (Å²) in [6.45, 7) is 7.07. The van der Waals surface area contributed by atoms with Crippen molar-refractivity contribution in [2.24, 2.45) is 17.8 Å². The van der Waals surface area contributed by atoms with Gasteiger partial charge in [0, 0.05) is 11.8 Å². The van der Waals surface area contributed by atoms with E-state index in [-0.39, 0.29) is 17.9 Å². The number of ether oxygens (including phenoxy) is 3. The highest BCUT2D eigenvalue weighted by Crippen LogP contribution is 2.26. The Labute approximate surface area is 180 Å². The van der Waals surface area contributed by atoms with Gasteiger partial charge in [-0.1, -0.05) is 74.5 Å². The molecule has 0 heterocycles. The summed E-state index contributed by atoms with van der Waals surface area (Å²) in [6, 6.07) is 19.9. The Bertz CT molecular complexity index is 734. The number of methoxy groups -OCH3 is 1. The van der Waals surface area contributed by atoms with Crippen LogP contribution < -0.4 is 0 Å². The van der Waals surface area contributed by atoms with Crippen LogP contribution in [0.3, 0.4) is 0 Å². The average Bonchev–Trinajstić information content (AvgIpc) is 2.78. The highest BCUT2D eigenvalue weighted by atomic mass is 16.5. The Morgan fingerprint density at radius 3 is 1.97 bits per heavy atom. The lowest BCUT2D eigenvalue weighted by molar-refractivity contribution is -0.153. The van der Waals surface area contributed by atoms with E-state index in [1.54, 1.807) is 6.92 Å². The van der Waals surface area contributed by atoms with Crippen LogP contribution in [0.25, 0.3) is 0 Å². The van der Waals surface area contributed by atoms with Crippen molar-refractivity contribution in [2.45, 2.75) is 46.2 Å². The number of aliphatic hydroxyl groups excluding tert-OH is 1. The number of carbonyl (C=O) groups excluding carboxylic acids is 1. The molecule has 0 unspecified atom stereocenters. The molecule has 1 N–H and O–H groups in total. The Morgan fingerprint density at radius 2 is 1.43 bits per heavy atom. The maximum Gasteiger partial charge on any atom is 0.311 e. The van der Waals surface area contributed by atoms with Gasteiger partial charge in [-0.2, -0.15) is 0 Å². The third-order valence-corrected chi connectivity index (χ3v) is 5.48. The monoisotopic (exact) mass is 414 g/mol. The second-order valence-corrected chi connectivity index (χ2v) is 7.90. The summed E-state index contributed by atoms with van der Waals surface area (Å²) in [5.74, 6) is -1.32. The van der Waals surface area contributed by atoms with Gasteiger partial charge in [0.15, 0.2) is 0 Å². The zero-order valence-corrected chi connectivity index (χ0v) is 18.4. The minimum absolute atomic E-state index is 0.0203. The van der Waals surface area contributed by atoms with Gasteiger partial charge >= 0.3 is 5.97 Å². The Kier molecular flexibility index (Phi) is 10.0. The molecule has 0 fully saturated rings. The summed E-state index contributed by atoms with van der Waals surface area (Å²) < 4.78 is 17.0. The van der Waals surface area contributed by atoms with E-state index in [1.807, 2.05) is 74.5 Å². The highest BCUT2D eigenvalue weighted by Gasteiger charge is 2.35. The molecule has 0 saturated carbocycles. The fourth-order valence-corrected chi connectivity index (χ4v) is 3.61. The molecule has 30 heavy (non-hydrogen) atoms. The lowest BCUT2D eigenvalue weighted by Crippen LogP contribution is -2.42. The van der Waals surface area contributed by atoms with Crippen molar-refractivity contribution >= 4 is 5.97 Å². The largest absolute Gasteiger partial charge is 0.469 e. The van der Waals surface area contributed by atoms with Crippen LogP contribution in [0.1, 0.15) is 31.9 Å². The van der Waals surface area contributed by atoms with Crippen molar-refractivity contribution in [3.05, 3.63) is 71.8 Å². The molecule has 2 rings (SSSR count). The third kappa shape index (κ3) is 7.24.